The molecule has 0 amide bonds. The second-order valence-corrected chi connectivity index (χ2v) is 7.73. The van der Waals surface area contributed by atoms with E-state index in [1.54, 1.807) is 0 Å². The molecule has 3 N–H and O–H groups in total. The molecule has 0 aliphatic heterocycles. The van der Waals surface area contributed by atoms with Crippen LogP contribution in [0.2, 0.25) is 0 Å². The molecule has 0 saturated heterocycles. The Labute approximate surface area is 141 Å². The highest BCUT2D eigenvalue weighted by Crippen LogP contribution is 2.19. The van der Waals surface area contributed by atoms with E-state index in [1.807, 2.05) is 13.8 Å². The molecule has 0 aromatic heterocycles. The largest absolute Gasteiger partial charge is 0.397 e. The minimum atomic E-state index is -4.62. The summed E-state index contributed by atoms with van der Waals surface area (Å²) in [6.07, 6.45) is 4.01. The van der Waals surface area contributed by atoms with Crippen molar-refractivity contribution in [2.24, 2.45) is 5.92 Å². The summed E-state index contributed by atoms with van der Waals surface area (Å²) in [6.45, 7) is 6.13. The average Bonchev–Trinajstić information content (AvgIpc) is 2.44. The Hall–Kier alpha value is -0.210. The zero-order valence-electron chi connectivity index (χ0n) is 14.6. The van der Waals surface area contributed by atoms with Gasteiger partial charge in [0.2, 0.25) is 0 Å². The lowest BCUT2D eigenvalue weighted by Crippen LogP contribution is -2.32. The van der Waals surface area contributed by atoms with Gasteiger partial charge < -0.3 is 10.2 Å². The molecule has 3 atom stereocenters. The van der Waals surface area contributed by atoms with Crippen molar-refractivity contribution in [1.82, 2.24) is 0 Å². The highest BCUT2D eigenvalue weighted by Gasteiger charge is 2.26. The number of hydrogen-bond donors (Lipinski definition) is 3. The van der Waals surface area contributed by atoms with Gasteiger partial charge in [-0.15, -0.1) is 0 Å². The molecular weight excluding hydrogens is 320 g/mol. The summed E-state index contributed by atoms with van der Waals surface area (Å²) < 4.78 is 35.3. The normalized spacial score (nSPS) is 16.5. The van der Waals surface area contributed by atoms with Crippen LogP contribution in [0.15, 0.2) is 0 Å². The molecule has 0 rings (SSSR count). The molecule has 0 aromatic carbocycles. The van der Waals surface area contributed by atoms with Crippen LogP contribution in [0.3, 0.4) is 0 Å². The molecule has 0 bridgehead atoms. The topological polar surface area (TPSA) is 104 Å². The molecule has 7 heteroatoms. The summed E-state index contributed by atoms with van der Waals surface area (Å²) in [7, 11) is -4.62. The first-order valence-electron chi connectivity index (χ1n) is 8.67. The van der Waals surface area contributed by atoms with E-state index < -0.39 is 28.7 Å². The lowest BCUT2D eigenvalue weighted by Gasteiger charge is -2.23. The molecule has 0 radical (unpaired) electrons. The first-order chi connectivity index (χ1) is 10.7. The summed E-state index contributed by atoms with van der Waals surface area (Å²) in [5.74, 6) is 0.375. The third-order valence-electron chi connectivity index (χ3n) is 3.89. The Kier molecular flexibility index (Phi) is 12.1. The Morgan fingerprint density at radius 1 is 0.913 bits per heavy atom. The number of aliphatic hydroxyl groups excluding tert-OH is 2. The van der Waals surface area contributed by atoms with Crippen LogP contribution in [-0.4, -0.2) is 41.5 Å². The van der Waals surface area contributed by atoms with E-state index in [0.29, 0.717) is 25.2 Å². The van der Waals surface area contributed by atoms with Crippen molar-refractivity contribution in [1.29, 1.82) is 0 Å². The standard InChI is InChI=1S/C16H34O6S/c1-4-5-6-7-8-14(17)10-12-16(22-23(19,20)21)15(18)11-9-13(2)3/h13-18H,4-12H2,1-3H3,(H,19,20,21). The zero-order valence-corrected chi connectivity index (χ0v) is 15.5. The molecule has 140 valence electrons. The molecular formula is C16H34O6S. The molecule has 0 heterocycles. The fourth-order valence-corrected chi connectivity index (χ4v) is 3.00. The van der Waals surface area contributed by atoms with Crippen molar-refractivity contribution >= 4 is 10.4 Å². The summed E-state index contributed by atoms with van der Waals surface area (Å²) in [5.41, 5.74) is 0. The van der Waals surface area contributed by atoms with Gasteiger partial charge in [-0.25, -0.2) is 4.18 Å². The third kappa shape index (κ3) is 13.9. The fraction of sp³-hybridized carbons (Fsp3) is 1.00. The van der Waals surface area contributed by atoms with Crippen LogP contribution in [0.25, 0.3) is 0 Å². The second-order valence-electron chi connectivity index (χ2n) is 6.68. The molecule has 0 aromatic rings. The number of unbranched alkanes of at least 4 members (excludes halogenated alkanes) is 3. The third-order valence-corrected chi connectivity index (χ3v) is 4.38. The zero-order chi connectivity index (χ0) is 17.9. The van der Waals surface area contributed by atoms with Gasteiger partial charge in [0, 0.05) is 0 Å². The molecule has 6 nitrogen and oxygen atoms in total. The predicted molar refractivity (Wildman–Crippen MR) is 90.5 cm³/mol. The van der Waals surface area contributed by atoms with E-state index in [4.69, 9.17) is 4.55 Å². The smallest absolute Gasteiger partial charge is 0.393 e. The Morgan fingerprint density at radius 2 is 1.57 bits per heavy atom. The maximum Gasteiger partial charge on any atom is 0.397 e. The quantitative estimate of drug-likeness (QED) is 0.327. The van der Waals surface area contributed by atoms with Gasteiger partial charge >= 0.3 is 10.4 Å². The van der Waals surface area contributed by atoms with Gasteiger partial charge in [0.25, 0.3) is 0 Å². The summed E-state index contributed by atoms with van der Waals surface area (Å²) in [4.78, 5) is 0. The van der Waals surface area contributed by atoms with Crippen molar-refractivity contribution in [3.63, 3.8) is 0 Å². The average molecular weight is 355 g/mol. The van der Waals surface area contributed by atoms with Crippen LogP contribution < -0.4 is 0 Å². The van der Waals surface area contributed by atoms with Crippen LogP contribution in [0, 0.1) is 5.92 Å². The Balaban J connectivity index is 4.34. The molecule has 3 unspecified atom stereocenters. The predicted octanol–water partition coefficient (Wildman–Crippen LogP) is 3.08. The van der Waals surface area contributed by atoms with Crippen LogP contribution >= 0.6 is 0 Å². The molecule has 0 saturated carbocycles. The van der Waals surface area contributed by atoms with Gasteiger partial charge in [0.1, 0.15) is 6.10 Å². The van der Waals surface area contributed by atoms with Crippen molar-refractivity contribution in [2.75, 3.05) is 0 Å². The Bertz CT molecular complexity index is 382. The van der Waals surface area contributed by atoms with Crippen LogP contribution in [-0.2, 0) is 14.6 Å². The Morgan fingerprint density at radius 3 is 2.09 bits per heavy atom. The lowest BCUT2D eigenvalue weighted by atomic mass is 9.97. The minimum Gasteiger partial charge on any atom is -0.393 e. The van der Waals surface area contributed by atoms with E-state index >= 15 is 0 Å². The minimum absolute atomic E-state index is 0.188. The first-order valence-corrected chi connectivity index (χ1v) is 10.0. The summed E-state index contributed by atoms with van der Waals surface area (Å²) in [6, 6.07) is 0. The number of aliphatic hydroxyl groups is 2. The van der Waals surface area contributed by atoms with E-state index in [0.717, 1.165) is 32.1 Å². The van der Waals surface area contributed by atoms with Gasteiger partial charge in [0.05, 0.1) is 12.2 Å². The van der Waals surface area contributed by atoms with E-state index in [1.165, 1.54) is 0 Å². The fourth-order valence-electron chi connectivity index (χ4n) is 2.46. The summed E-state index contributed by atoms with van der Waals surface area (Å²) >= 11 is 0. The number of hydrogen-bond acceptors (Lipinski definition) is 5. The van der Waals surface area contributed by atoms with E-state index in [9.17, 15) is 18.6 Å². The summed E-state index contributed by atoms with van der Waals surface area (Å²) in [5, 5.41) is 20.0. The van der Waals surface area contributed by atoms with Gasteiger partial charge in [-0.05, 0) is 38.0 Å². The van der Waals surface area contributed by atoms with Gasteiger partial charge in [-0.2, -0.15) is 8.42 Å². The van der Waals surface area contributed by atoms with Crippen molar-refractivity contribution in [3.05, 3.63) is 0 Å². The molecule has 0 spiro atoms. The van der Waals surface area contributed by atoms with Gasteiger partial charge in [-0.3, -0.25) is 4.55 Å². The highest BCUT2D eigenvalue weighted by molar-refractivity contribution is 7.80. The SMILES string of the molecule is CCCCCCC(O)CCC(OS(=O)(=O)O)C(O)CCC(C)C. The van der Waals surface area contributed by atoms with Crippen molar-refractivity contribution < 1.29 is 27.4 Å². The van der Waals surface area contributed by atoms with Crippen molar-refractivity contribution in [3.8, 4) is 0 Å². The maximum atomic E-state index is 10.9. The monoisotopic (exact) mass is 354 g/mol. The highest BCUT2D eigenvalue weighted by atomic mass is 32.3. The molecule has 0 aliphatic carbocycles. The van der Waals surface area contributed by atoms with E-state index in [-0.39, 0.29) is 6.42 Å². The van der Waals surface area contributed by atoms with Gasteiger partial charge in [0.15, 0.2) is 0 Å². The number of rotatable bonds is 14. The second kappa shape index (κ2) is 12.2. The lowest BCUT2D eigenvalue weighted by molar-refractivity contribution is 0.0109. The van der Waals surface area contributed by atoms with Crippen LogP contribution in [0.1, 0.15) is 78.6 Å². The maximum absolute atomic E-state index is 10.9. The van der Waals surface area contributed by atoms with E-state index in [2.05, 4.69) is 11.1 Å². The van der Waals surface area contributed by atoms with Crippen molar-refractivity contribution in [2.45, 2.75) is 96.9 Å². The first kappa shape index (κ1) is 22.8. The molecule has 23 heavy (non-hydrogen) atoms. The molecule has 0 aliphatic rings. The molecule has 0 fully saturated rings. The van der Waals surface area contributed by atoms with Crippen LogP contribution in [0.5, 0.6) is 0 Å². The van der Waals surface area contributed by atoms with Crippen LogP contribution in [0.4, 0.5) is 0 Å². The van der Waals surface area contributed by atoms with Gasteiger partial charge in [-0.1, -0.05) is 46.5 Å².